The Bertz CT molecular complexity index is 1240. The Morgan fingerprint density at radius 2 is 2.00 bits per heavy atom. The van der Waals surface area contributed by atoms with Crippen molar-refractivity contribution in [2.24, 2.45) is 0 Å². The minimum absolute atomic E-state index is 0.384. The molecule has 2 aromatic heterocycles. The molecule has 10 heteroatoms. The number of nitrogens with one attached hydrogen (secondary N) is 1. The number of aryl methyl sites for hydroxylation is 1. The molecular formula is C23H21ClN6O3. The summed E-state index contributed by atoms with van der Waals surface area (Å²) < 4.78 is 7.19. The van der Waals surface area contributed by atoms with Crippen molar-refractivity contribution in [3.63, 3.8) is 0 Å². The van der Waals surface area contributed by atoms with Gasteiger partial charge in [-0.15, -0.1) is 0 Å². The van der Waals surface area contributed by atoms with Crippen LogP contribution in [-0.4, -0.2) is 45.1 Å². The highest BCUT2D eigenvalue weighted by molar-refractivity contribution is 6.30. The van der Waals surface area contributed by atoms with Gasteiger partial charge in [-0.1, -0.05) is 11.6 Å². The lowest BCUT2D eigenvalue weighted by molar-refractivity contribution is -0.119. The van der Waals surface area contributed by atoms with E-state index in [1.54, 1.807) is 42.7 Å². The zero-order chi connectivity index (χ0) is 23.4. The van der Waals surface area contributed by atoms with E-state index in [1.807, 2.05) is 23.8 Å². The Labute approximate surface area is 195 Å². The number of hydrogen-bond acceptors (Lipinski definition) is 5. The van der Waals surface area contributed by atoms with Gasteiger partial charge in [0.1, 0.15) is 5.69 Å². The highest BCUT2D eigenvalue weighted by Crippen LogP contribution is 2.22. The summed E-state index contributed by atoms with van der Waals surface area (Å²) in [5.41, 5.74) is 5.34. The highest BCUT2D eigenvalue weighted by Gasteiger charge is 2.24. The van der Waals surface area contributed by atoms with E-state index in [4.69, 9.17) is 16.3 Å². The van der Waals surface area contributed by atoms with Crippen LogP contribution in [0.3, 0.4) is 0 Å². The van der Waals surface area contributed by atoms with Gasteiger partial charge in [-0.25, -0.2) is 19.8 Å². The Morgan fingerprint density at radius 1 is 1.21 bits per heavy atom. The first-order chi connectivity index (χ1) is 15.9. The van der Waals surface area contributed by atoms with E-state index in [0.29, 0.717) is 28.8 Å². The topological polar surface area (TPSA) is 92.6 Å². The first-order valence-corrected chi connectivity index (χ1v) is 10.4. The molecule has 33 heavy (non-hydrogen) atoms. The number of carbonyl (C=O) groups excluding carboxylic acids is 2. The molecule has 0 saturated carbocycles. The molecule has 1 aliphatic rings. The number of imidazole rings is 1. The SMILES string of the molecule is COc1nc(C=CC(=O)NN2C=CCN(c3ccc(Cl)cc3)C2=O)ccc1-n1cnc(C)c1. The Morgan fingerprint density at radius 3 is 2.70 bits per heavy atom. The van der Waals surface area contributed by atoms with Crippen LogP contribution in [0, 0.1) is 6.92 Å². The molecule has 0 atom stereocenters. The molecule has 0 fully saturated rings. The minimum Gasteiger partial charge on any atom is -0.479 e. The standard InChI is InChI=1S/C23H21ClN6O3/c1-16-14-28(15-25-16)20-10-6-18(26-22(20)33-2)7-11-21(31)27-30-13-3-12-29(23(30)32)19-8-4-17(24)5-9-19/h3-11,13-15H,12H2,1-2H3,(H,27,31). The van der Waals surface area contributed by atoms with Gasteiger partial charge < -0.3 is 9.30 Å². The van der Waals surface area contributed by atoms with Crippen LogP contribution in [0.1, 0.15) is 11.4 Å². The number of aromatic nitrogens is 3. The van der Waals surface area contributed by atoms with Gasteiger partial charge in [0.15, 0.2) is 0 Å². The van der Waals surface area contributed by atoms with Crippen molar-refractivity contribution in [1.29, 1.82) is 0 Å². The van der Waals surface area contributed by atoms with E-state index in [0.717, 1.165) is 16.4 Å². The number of hydrazine groups is 1. The van der Waals surface area contributed by atoms with E-state index in [2.05, 4.69) is 15.4 Å². The van der Waals surface area contributed by atoms with E-state index >= 15 is 0 Å². The van der Waals surface area contributed by atoms with E-state index in [1.165, 1.54) is 30.4 Å². The van der Waals surface area contributed by atoms with Crippen molar-refractivity contribution in [2.75, 3.05) is 18.6 Å². The fraction of sp³-hybridized carbons (Fsp3) is 0.130. The second-order valence-corrected chi connectivity index (χ2v) is 7.56. The lowest BCUT2D eigenvalue weighted by Crippen LogP contribution is -2.51. The molecule has 3 amide bonds. The van der Waals surface area contributed by atoms with Gasteiger partial charge in [-0.2, -0.15) is 0 Å². The number of pyridine rings is 1. The Kier molecular flexibility index (Phi) is 6.41. The lowest BCUT2D eigenvalue weighted by atomic mass is 10.2. The zero-order valence-corrected chi connectivity index (χ0v) is 18.7. The van der Waals surface area contributed by atoms with Crippen molar-refractivity contribution in [1.82, 2.24) is 25.0 Å². The maximum atomic E-state index is 12.8. The average Bonchev–Trinajstić information content (AvgIpc) is 3.25. The largest absolute Gasteiger partial charge is 0.479 e. The van der Waals surface area contributed by atoms with Gasteiger partial charge >= 0.3 is 6.03 Å². The molecule has 0 unspecified atom stereocenters. The molecule has 0 saturated heterocycles. The first-order valence-electron chi connectivity index (χ1n) is 10.0. The predicted octanol–water partition coefficient (Wildman–Crippen LogP) is 3.74. The van der Waals surface area contributed by atoms with E-state index in [9.17, 15) is 9.59 Å². The number of amides is 3. The summed E-state index contributed by atoms with van der Waals surface area (Å²) in [6.45, 7) is 2.28. The van der Waals surface area contributed by atoms with Crippen LogP contribution in [0.5, 0.6) is 5.88 Å². The number of rotatable bonds is 6. The van der Waals surface area contributed by atoms with Crippen LogP contribution < -0.4 is 15.1 Å². The van der Waals surface area contributed by atoms with Gasteiger partial charge in [0.2, 0.25) is 5.88 Å². The summed E-state index contributed by atoms with van der Waals surface area (Å²) in [4.78, 5) is 35.3. The van der Waals surface area contributed by atoms with Crippen LogP contribution in [0.15, 0.2) is 67.3 Å². The smallest absolute Gasteiger partial charge is 0.347 e. The van der Waals surface area contributed by atoms with Gasteiger partial charge in [0, 0.05) is 35.7 Å². The quantitative estimate of drug-likeness (QED) is 0.561. The van der Waals surface area contributed by atoms with Gasteiger partial charge in [0.25, 0.3) is 5.91 Å². The average molecular weight is 465 g/mol. The van der Waals surface area contributed by atoms with Gasteiger partial charge in [-0.05, 0) is 55.5 Å². The number of halogens is 1. The molecular weight excluding hydrogens is 444 g/mol. The normalized spacial score (nSPS) is 13.6. The summed E-state index contributed by atoms with van der Waals surface area (Å²) in [6.07, 6.45) is 9.65. The molecule has 3 aromatic rings. The number of anilines is 1. The van der Waals surface area contributed by atoms with Crippen molar-refractivity contribution in [3.8, 4) is 11.6 Å². The van der Waals surface area contributed by atoms with Gasteiger partial charge in [0.05, 0.1) is 24.8 Å². The van der Waals surface area contributed by atoms with Crippen LogP contribution in [0.25, 0.3) is 11.8 Å². The van der Waals surface area contributed by atoms with Crippen LogP contribution in [-0.2, 0) is 4.79 Å². The van der Waals surface area contributed by atoms with E-state index < -0.39 is 5.91 Å². The minimum atomic E-state index is -0.485. The first kappa shape index (κ1) is 22.1. The number of carbonyl (C=O) groups is 2. The zero-order valence-electron chi connectivity index (χ0n) is 18.0. The molecule has 3 heterocycles. The molecule has 4 rings (SSSR count). The monoisotopic (exact) mass is 464 g/mol. The van der Waals surface area contributed by atoms with Crippen LogP contribution >= 0.6 is 11.6 Å². The number of ether oxygens (including phenoxy) is 1. The molecule has 168 valence electrons. The van der Waals surface area contributed by atoms with Crippen molar-refractivity contribution < 1.29 is 14.3 Å². The number of urea groups is 1. The fourth-order valence-electron chi connectivity index (χ4n) is 3.21. The predicted molar refractivity (Wildman–Crippen MR) is 125 cm³/mol. The summed E-state index contributed by atoms with van der Waals surface area (Å²) >= 11 is 5.92. The molecule has 1 N–H and O–H groups in total. The summed E-state index contributed by atoms with van der Waals surface area (Å²) in [6, 6.07) is 10.1. The lowest BCUT2D eigenvalue weighted by Gasteiger charge is -2.31. The highest BCUT2D eigenvalue weighted by atomic mass is 35.5. The third-order valence-corrected chi connectivity index (χ3v) is 5.05. The number of nitrogens with zero attached hydrogens (tertiary/aromatic N) is 5. The van der Waals surface area contributed by atoms with Crippen molar-refractivity contribution in [3.05, 3.63) is 83.7 Å². The second kappa shape index (κ2) is 9.58. The summed E-state index contributed by atoms with van der Waals surface area (Å²) in [5.74, 6) is -0.0938. The number of benzene rings is 1. The summed E-state index contributed by atoms with van der Waals surface area (Å²) in [7, 11) is 1.52. The van der Waals surface area contributed by atoms with Crippen molar-refractivity contribution >= 4 is 35.3 Å². The molecule has 0 spiro atoms. The molecule has 0 aliphatic carbocycles. The third-order valence-electron chi connectivity index (χ3n) is 4.80. The van der Waals surface area contributed by atoms with Gasteiger partial charge in [-0.3, -0.25) is 15.1 Å². The maximum Gasteiger partial charge on any atom is 0.347 e. The summed E-state index contributed by atoms with van der Waals surface area (Å²) in [5, 5.41) is 1.70. The molecule has 0 radical (unpaired) electrons. The Balaban J connectivity index is 1.43. The Hall–Kier alpha value is -4.11. The maximum absolute atomic E-state index is 12.8. The van der Waals surface area contributed by atoms with Crippen molar-refractivity contribution in [2.45, 2.75) is 6.92 Å². The number of methoxy groups -OCH3 is 1. The number of hydrogen-bond donors (Lipinski definition) is 1. The van der Waals surface area contributed by atoms with E-state index in [-0.39, 0.29) is 6.03 Å². The molecule has 1 aromatic carbocycles. The second-order valence-electron chi connectivity index (χ2n) is 7.12. The molecule has 9 nitrogen and oxygen atoms in total. The third kappa shape index (κ3) is 5.04. The van der Waals surface area contributed by atoms with Crippen LogP contribution in [0.2, 0.25) is 5.02 Å². The fourth-order valence-corrected chi connectivity index (χ4v) is 3.33. The van der Waals surface area contributed by atoms with Crippen LogP contribution in [0.4, 0.5) is 10.5 Å². The molecule has 1 aliphatic heterocycles. The molecule has 0 bridgehead atoms.